The van der Waals surface area contributed by atoms with Gasteiger partial charge in [-0.2, -0.15) is 0 Å². The van der Waals surface area contributed by atoms with Crippen LogP contribution in [0.4, 0.5) is 4.79 Å². The Morgan fingerprint density at radius 3 is 2.52 bits per heavy atom. The van der Waals surface area contributed by atoms with E-state index < -0.39 is 17.5 Å². The van der Waals surface area contributed by atoms with Crippen molar-refractivity contribution < 1.29 is 19.1 Å². The Kier molecular flexibility index (Phi) is 5.63. The Bertz CT molecular complexity index is 661. The molecule has 1 fully saturated rings. The van der Waals surface area contributed by atoms with Crippen molar-refractivity contribution >= 4 is 17.8 Å². The molecular weight excluding hydrogens is 324 g/mol. The minimum Gasteiger partial charge on any atom is -0.497 e. The monoisotopic (exact) mass is 348 g/mol. The summed E-state index contributed by atoms with van der Waals surface area (Å²) in [5.74, 6) is -0.0851. The molecule has 4 amide bonds. The van der Waals surface area contributed by atoms with E-state index in [0.717, 1.165) is 4.90 Å². The van der Waals surface area contributed by atoms with Gasteiger partial charge in [-0.15, -0.1) is 0 Å². The highest BCUT2D eigenvalue weighted by molar-refractivity contribution is 6.09. The molecule has 0 aliphatic carbocycles. The number of methoxy groups -OCH3 is 1. The molecule has 1 aromatic rings. The molecule has 0 spiro atoms. The van der Waals surface area contributed by atoms with Crippen molar-refractivity contribution in [3.05, 3.63) is 29.8 Å². The van der Waals surface area contributed by atoms with E-state index in [1.165, 1.54) is 4.90 Å². The van der Waals surface area contributed by atoms with Crippen molar-refractivity contribution in [2.24, 2.45) is 0 Å². The summed E-state index contributed by atoms with van der Waals surface area (Å²) in [5, 5.41) is 5.63. The predicted molar refractivity (Wildman–Crippen MR) is 92.2 cm³/mol. The first kappa shape index (κ1) is 18.7. The van der Waals surface area contributed by atoms with Gasteiger partial charge in [-0.1, -0.05) is 12.1 Å². The van der Waals surface area contributed by atoms with Crippen LogP contribution in [0.5, 0.6) is 5.75 Å². The van der Waals surface area contributed by atoms with Crippen molar-refractivity contribution in [2.75, 3.05) is 40.8 Å². The highest BCUT2D eigenvalue weighted by atomic mass is 16.5. The maximum atomic E-state index is 12.8. The van der Waals surface area contributed by atoms with Gasteiger partial charge in [0.2, 0.25) is 5.91 Å². The number of carbonyl (C=O) groups is 3. The molecule has 1 saturated heterocycles. The van der Waals surface area contributed by atoms with E-state index in [0.29, 0.717) is 24.4 Å². The molecule has 0 radical (unpaired) electrons. The average molecular weight is 348 g/mol. The Labute approximate surface area is 147 Å². The minimum atomic E-state index is -1.20. The summed E-state index contributed by atoms with van der Waals surface area (Å²) in [5.41, 5.74) is -0.571. The molecule has 8 heteroatoms. The van der Waals surface area contributed by atoms with Crippen LogP contribution in [0.3, 0.4) is 0 Å². The third kappa shape index (κ3) is 3.74. The van der Waals surface area contributed by atoms with E-state index in [1.54, 1.807) is 52.4 Å². The largest absolute Gasteiger partial charge is 0.497 e. The van der Waals surface area contributed by atoms with Gasteiger partial charge in [0, 0.05) is 20.1 Å². The van der Waals surface area contributed by atoms with Crippen LogP contribution in [0, 0.1) is 0 Å². The van der Waals surface area contributed by atoms with Crippen LogP contribution < -0.4 is 15.4 Å². The van der Waals surface area contributed by atoms with Crippen molar-refractivity contribution in [2.45, 2.75) is 12.5 Å². The number of benzene rings is 1. The number of hydrogen-bond acceptors (Lipinski definition) is 5. The molecule has 136 valence electrons. The summed E-state index contributed by atoms with van der Waals surface area (Å²) in [4.78, 5) is 39.7. The van der Waals surface area contributed by atoms with Crippen molar-refractivity contribution in [3.8, 4) is 5.75 Å². The summed E-state index contributed by atoms with van der Waals surface area (Å²) < 4.78 is 5.11. The highest BCUT2D eigenvalue weighted by Gasteiger charge is 2.49. The molecule has 1 heterocycles. The van der Waals surface area contributed by atoms with Gasteiger partial charge in [0.15, 0.2) is 0 Å². The number of ether oxygens (including phenoxy) is 1. The molecule has 2 rings (SSSR count). The van der Waals surface area contributed by atoms with Crippen LogP contribution in [0.15, 0.2) is 24.3 Å². The first-order valence-corrected chi connectivity index (χ1v) is 8.00. The number of carbonyl (C=O) groups excluding carboxylic acids is 3. The topological polar surface area (TPSA) is 91.0 Å². The van der Waals surface area contributed by atoms with Gasteiger partial charge in [0.25, 0.3) is 5.91 Å². The predicted octanol–water partition coefficient (Wildman–Crippen LogP) is 0.140. The Morgan fingerprint density at radius 2 is 1.96 bits per heavy atom. The number of amides is 4. The molecule has 2 N–H and O–H groups in total. The SMILES string of the molecule is CNCCN(C)C(=O)CN1C(=O)NC(C)(c2ccc(OC)cc2)C1=O. The zero-order valence-electron chi connectivity index (χ0n) is 15.0. The summed E-state index contributed by atoms with van der Waals surface area (Å²) in [6.45, 7) is 2.47. The normalized spacial score (nSPS) is 19.8. The lowest BCUT2D eigenvalue weighted by molar-refractivity contribution is -0.138. The third-order valence-corrected chi connectivity index (χ3v) is 4.36. The van der Waals surface area contributed by atoms with Crippen LogP contribution in [0.25, 0.3) is 0 Å². The van der Waals surface area contributed by atoms with Gasteiger partial charge in [-0.3, -0.25) is 14.5 Å². The fourth-order valence-electron chi connectivity index (χ4n) is 2.62. The van der Waals surface area contributed by atoms with E-state index in [4.69, 9.17) is 4.74 Å². The van der Waals surface area contributed by atoms with Gasteiger partial charge in [-0.05, 0) is 31.7 Å². The summed E-state index contributed by atoms with van der Waals surface area (Å²) in [6, 6.07) is 6.32. The number of nitrogens with zero attached hydrogens (tertiary/aromatic N) is 2. The van der Waals surface area contributed by atoms with Crippen LogP contribution in [-0.4, -0.2) is 68.5 Å². The summed E-state index contributed by atoms with van der Waals surface area (Å²) >= 11 is 0. The van der Waals surface area contributed by atoms with E-state index in [9.17, 15) is 14.4 Å². The lowest BCUT2D eigenvalue weighted by atomic mass is 9.92. The molecule has 1 aliphatic heterocycles. The van der Waals surface area contributed by atoms with Crippen molar-refractivity contribution in [1.82, 2.24) is 20.4 Å². The smallest absolute Gasteiger partial charge is 0.325 e. The number of hydrogen-bond donors (Lipinski definition) is 2. The van der Waals surface area contributed by atoms with Crippen molar-refractivity contribution in [1.29, 1.82) is 0 Å². The zero-order chi connectivity index (χ0) is 18.6. The van der Waals surface area contributed by atoms with E-state index in [1.807, 2.05) is 0 Å². The Balaban J connectivity index is 2.14. The number of likely N-dealkylation sites (N-methyl/N-ethyl adjacent to an activating group) is 2. The standard InChI is InChI=1S/C17H24N4O4/c1-17(12-5-7-13(25-4)8-6-12)15(23)21(16(24)19-17)11-14(22)20(3)10-9-18-2/h5-8,18H,9-11H2,1-4H3,(H,19,24). The van der Waals surface area contributed by atoms with Gasteiger partial charge in [0.05, 0.1) is 7.11 Å². The number of imide groups is 1. The van der Waals surface area contributed by atoms with Crippen molar-refractivity contribution in [3.63, 3.8) is 0 Å². The molecular formula is C17H24N4O4. The maximum absolute atomic E-state index is 12.8. The second-order valence-corrected chi connectivity index (χ2v) is 6.09. The minimum absolute atomic E-state index is 0.281. The molecule has 1 aromatic carbocycles. The molecule has 25 heavy (non-hydrogen) atoms. The first-order valence-electron chi connectivity index (χ1n) is 8.00. The van der Waals surface area contributed by atoms with E-state index in [2.05, 4.69) is 10.6 Å². The van der Waals surface area contributed by atoms with Gasteiger partial charge < -0.3 is 20.3 Å². The molecule has 1 unspecified atom stereocenters. The van der Waals surface area contributed by atoms with Crippen LogP contribution in [0.1, 0.15) is 12.5 Å². The van der Waals surface area contributed by atoms with Gasteiger partial charge >= 0.3 is 6.03 Å². The lowest BCUT2D eigenvalue weighted by Crippen LogP contribution is -2.44. The van der Waals surface area contributed by atoms with Crippen LogP contribution in [-0.2, 0) is 15.1 Å². The second kappa shape index (κ2) is 7.52. The Morgan fingerprint density at radius 1 is 1.32 bits per heavy atom. The third-order valence-electron chi connectivity index (χ3n) is 4.36. The van der Waals surface area contributed by atoms with Crippen LogP contribution >= 0.6 is 0 Å². The molecule has 1 atom stereocenters. The fraction of sp³-hybridized carbons (Fsp3) is 0.471. The maximum Gasteiger partial charge on any atom is 0.325 e. The van der Waals surface area contributed by atoms with E-state index in [-0.39, 0.29) is 12.5 Å². The molecule has 0 saturated carbocycles. The number of urea groups is 1. The van der Waals surface area contributed by atoms with E-state index >= 15 is 0 Å². The Hall–Kier alpha value is -2.61. The average Bonchev–Trinajstić information content (AvgIpc) is 2.83. The van der Waals surface area contributed by atoms with Crippen LogP contribution in [0.2, 0.25) is 0 Å². The summed E-state index contributed by atoms with van der Waals surface area (Å²) in [7, 11) is 4.98. The molecule has 0 bridgehead atoms. The highest BCUT2D eigenvalue weighted by Crippen LogP contribution is 2.29. The lowest BCUT2D eigenvalue weighted by Gasteiger charge is -2.23. The quantitative estimate of drug-likeness (QED) is 0.684. The molecule has 8 nitrogen and oxygen atoms in total. The van der Waals surface area contributed by atoms with Gasteiger partial charge in [0.1, 0.15) is 17.8 Å². The number of nitrogens with one attached hydrogen (secondary N) is 2. The molecule has 1 aliphatic rings. The first-order chi connectivity index (χ1) is 11.8. The van der Waals surface area contributed by atoms with Gasteiger partial charge in [-0.25, -0.2) is 4.79 Å². The second-order valence-electron chi connectivity index (χ2n) is 6.09. The summed E-state index contributed by atoms with van der Waals surface area (Å²) in [6.07, 6.45) is 0. The fourth-order valence-corrected chi connectivity index (χ4v) is 2.62. The molecule has 0 aromatic heterocycles. The number of rotatable bonds is 7. The zero-order valence-corrected chi connectivity index (χ0v) is 15.0.